The molecule has 2 atom stereocenters. The highest BCUT2D eigenvalue weighted by molar-refractivity contribution is 5.79. The van der Waals surface area contributed by atoms with Crippen molar-refractivity contribution in [2.75, 3.05) is 32.8 Å². The molecule has 2 unspecified atom stereocenters. The Bertz CT molecular complexity index is 588. The molecule has 1 aromatic rings. The molecule has 3 aliphatic heterocycles. The monoisotopic (exact) mass is 343 g/mol. The third kappa shape index (κ3) is 3.72. The van der Waals surface area contributed by atoms with Crippen LogP contribution in [-0.4, -0.2) is 59.1 Å². The number of hydrogen-bond acceptors (Lipinski definition) is 4. The van der Waals surface area contributed by atoms with Crippen LogP contribution in [0.2, 0.25) is 0 Å². The van der Waals surface area contributed by atoms with E-state index in [1.807, 2.05) is 12.3 Å². The predicted molar refractivity (Wildman–Crippen MR) is 96.0 cm³/mol. The second-order valence-electron chi connectivity index (χ2n) is 7.95. The SMILES string of the molecule is O=C1CCC2(CCCN(CC3CCOC3)CC2)N1Cc1cccnc1. The van der Waals surface area contributed by atoms with Gasteiger partial charge >= 0.3 is 0 Å². The zero-order chi connectivity index (χ0) is 17.1. The molecule has 0 radical (unpaired) electrons. The summed E-state index contributed by atoms with van der Waals surface area (Å²) in [6, 6.07) is 4.04. The zero-order valence-corrected chi connectivity index (χ0v) is 15.0. The first kappa shape index (κ1) is 17.0. The Balaban J connectivity index is 1.43. The van der Waals surface area contributed by atoms with Gasteiger partial charge in [-0.05, 0) is 56.2 Å². The number of aromatic nitrogens is 1. The summed E-state index contributed by atoms with van der Waals surface area (Å²) >= 11 is 0. The first-order valence-corrected chi connectivity index (χ1v) is 9.75. The number of amides is 1. The predicted octanol–water partition coefficient (Wildman–Crippen LogP) is 2.47. The highest BCUT2D eigenvalue weighted by Gasteiger charge is 2.45. The van der Waals surface area contributed by atoms with Crippen molar-refractivity contribution >= 4 is 5.91 Å². The van der Waals surface area contributed by atoms with Gasteiger partial charge in [0.05, 0.1) is 6.61 Å². The van der Waals surface area contributed by atoms with Crippen LogP contribution in [-0.2, 0) is 16.1 Å². The van der Waals surface area contributed by atoms with Gasteiger partial charge in [0.1, 0.15) is 0 Å². The van der Waals surface area contributed by atoms with Crippen molar-refractivity contribution in [3.05, 3.63) is 30.1 Å². The third-order valence-corrected chi connectivity index (χ3v) is 6.29. The van der Waals surface area contributed by atoms with E-state index in [0.29, 0.717) is 24.8 Å². The summed E-state index contributed by atoms with van der Waals surface area (Å²) in [5, 5.41) is 0. The molecule has 4 rings (SSSR count). The average molecular weight is 343 g/mol. The Labute approximate surface area is 150 Å². The van der Waals surface area contributed by atoms with Crippen molar-refractivity contribution in [1.29, 1.82) is 0 Å². The van der Waals surface area contributed by atoms with Crippen molar-refractivity contribution < 1.29 is 9.53 Å². The molecule has 136 valence electrons. The standard InChI is InChI=1S/C20H29N3O2/c24-19-4-7-20(23(19)15-17-3-1-9-21-13-17)6-2-10-22(11-8-20)14-18-5-12-25-16-18/h1,3,9,13,18H,2,4-8,10-12,14-16H2. The van der Waals surface area contributed by atoms with Crippen molar-refractivity contribution in [1.82, 2.24) is 14.8 Å². The summed E-state index contributed by atoms with van der Waals surface area (Å²) in [6.07, 6.45) is 10.0. The van der Waals surface area contributed by atoms with Gasteiger partial charge in [-0.15, -0.1) is 0 Å². The summed E-state index contributed by atoms with van der Waals surface area (Å²) in [5.41, 5.74) is 1.20. The van der Waals surface area contributed by atoms with Crippen LogP contribution >= 0.6 is 0 Å². The fraction of sp³-hybridized carbons (Fsp3) is 0.700. The molecule has 3 saturated heterocycles. The van der Waals surface area contributed by atoms with Gasteiger partial charge in [-0.1, -0.05) is 6.07 Å². The Hall–Kier alpha value is -1.46. The van der Waals surface area contributed by atoms with E-state index in [1.54, 1.807) is 6.20 Å². The normalized spacial score (nSPS) is 31.0. The van der Waals surface area contributed by atoms with Crippen LogP contribution in [0.4, 0.5) is 0 Å². The van der Waals surface area contributed by atoms with Crippen LogP contribution in [0, 0.1) is 5.92 Å². The molecular formula is C20H29N3O2. The second-order valence-corrected chi connectivity index (χ2v) is 7.95. The number of hydrogen-bond donors (Lipinski definition) is 0. The number of rotatable bonds is 4. The van der Waals surface area contributed by atoms with E-state index in [2.05, 4.69) is 20.9 Å². The quantitative estimate of drug-likeness (QED) is 0.842. The molecule has 25 heavy (non-hydrogen) atoms. The largest absolute Gasteiger partial charge is 0.381 e. The van der Waals surface area contributed by atoms with Gasteiger partial charge in [0.2, 0.25) is 5.91 Å². The maximum absolute atomic E-state index is 12.6. The topological polar surface area (TPSA) is 45.7 Å². The number of carbonyl (C=O) groups is 1. The molecule has 5 nitrogen and oxygen atoms in total. The summed E-state index contributed by atoms with van der Waals surface area (Å²) in [6.45, 7) is 5.99. The van der Waals surface area contributed by atoms with Crippen LogP contribution in [0.15, 0.2) is 24.5 Å². The van der Waals surface area contributed by atoms with Gasteiger partial charge in [-0.2, -0.15) is 0 Å². The summed E-state index contributed by atoms with van der Waals surface area (Å²) < 4.78 is 5.54. The van der Waals surface area contributed by atoms with Crippen molar-refractivity contribution in [2.24, 2.45) is 5.92 Å². The minimum absolute atomic E-state index is 0.0633. The molecule has 1 spiro atoms. The van der Waals surface area contributed by atoms with Gasteiger partial charge in [0.15, 0.2) is 0 Å². The van der Waals surface area contributed by atoms with Crippen molar-refractivity contribution in [2.45, 2.75) is 50.6 Å². The number of likely N-dealkylation sites (tertiary alicyclic amines) is 2. The molecule has 0 N–H and O–H groups in total. The van der Waals surface area contributed by atoms with Gasteiger partial charge in [-0.3, -0.25) is 9.78 Å². The average Bonchev–Trinajstić information content (AvgIpc) is 3.18. The Morgan fingerprint density at radius 1 is 1.28 bits per heavy atom. The van der Waals surface area contributed by atoms with Crippen LogP contribution in [0.3, 0.4) is 0 Å². The Morgan fingerprint density at radius 2 is 2.24 bits per heavy atom. The maximum Gasteiger partial charge on any atom is 0.223 e. The molecule has 0 aromatic carbocycles. The first-order valence-electron chi connectivity index (χ1n) is 9.75. The Kier molecular flexibility index (Phi) is 5.04. The van der Waals surface area contributed by atoms with Gasteiger partial charge in [0, 0.05) is 50.6 Å². The summed E-state index contributed by atoms with van der Waals surface area (Å²) in [7, 11) is 0. The van der Waals surface area contributed by atoms with Crippen LogP contribution < -0.4 is 0 Å². The van der Waals surface area contributed by atoms with Crippen LogP contribution in [0.5, 0.6) is 0 Å². The fourth-order valence-electron chi connectivity index (χ4n) is 4.83. The lowest BCUT2D eigenvalue weighted by molar-refractivity contribution is -0.132. The highest BCUT2D eigenvalue weighted by Crippen LogP contribution is 2.40. The van der Waals surface area contributed by atoms with E-state index >= 15 is 0 Å². The van der Waals surface area contributed by atoms with E-state index < -0.39 is 0 Å². The molecule has 5 heteroatoms. The van der Waals surface area contributed by atoms with Crippen LogP contribution in [0.1, 0.15) is 44.1 Å². The fourth-order valence-corrected chi connectivity index (χ4v) is 4.83. The van der Waals surface area contributed by atoms with E-state index in [0.717, 1.165) is 57.7 Å². The molecular weight excluding hydrogens is 314 g/mol. The first-order chi connectivity index (χ1) is 12.3. The minimum Gasteiger partial charge on any atom is -0.381 e. The number of ether oxygens (including phenoxy) is 1. The molecule has 1 amide bonds. The van der Waals surface area contributed by atoms with E-state index in [9.17, 15) is 4.79 Å². The molecule has 1 aromatic heterocycles. The zero-order valence-electron chi connectivity index (χ0n) is 15.0. The number of pyridine rings is 1. The molecule has 4 heterocycles. The smallest absolute Gasteiger partial charge is 0.223 e. The molecule has 0 bridgehead atoms. The number of nitrogens with zero attached hydrogens (tertiary/aromatic N) is 3. The van der Waals surface area contributed by atoms with E-state index in [1.165, 1.54) is 12.8 Å². The van der Waals surface area contributed by atoms with Gasteiger partial charge in [0.25, 0.3) is 0 Å². The summed E-state index contributed by atoms with van der Waals surface area (Å²) in [5.74, 6) is 1.02. The lowest BCUT2D eigenvalue weighted by Gasteiger charge is -2.38. The molecule has 0 saturated carbocycles. The minimum atomic E-state index is 0.0633. The third-order valence-electron chi connectivity index (χ3n) is 6.29. The Morgan fingerprint density at radius 3 is 3.04 bits per heavy atom. The highest BCUT2D eigenvalue weighted by atomic mass is 16.5. The molecule has 3 fully saturated rings. The lowest BCUT2D eigenvalue weighted by Crippen LogP contribution is -2.46. The lowest BCUT2D eigenvalue weighted by atomic mass is 9.87. The van der Waals surface area contributed by atoms with E-state index in [-0.39, 0.29) is 5.54 Å². The maximum atomic E-state index is 12.6. The second kappa shape index (κ2) is 7.42. The van der Waals surface area contributed by atoms with E-state index in [4.69, 9.17) is 4.74 Å². The van der Waals surface area contributed by atoms with Crippen LogP contribution in [0.25, 0.3) is 0 Å². The van der Waals surface area contributed by atoms with Crippen molar-refractivity contribution in [3.8, 4) is 0 Å². The summed E-state index contributed by atoms with van der Waals surface area (Å²) in [4.78, 5) is 21.6. The van der Waals surface area contributed by atoms with Gasteiger partial charge < -0.3 is 14.5 Å². The molecule has 0 aliphatic carbocycles. The van der Waals surface area contributed by atoms with Crippen molar-refractivity contribution in [3.63, 3.8) is 0 Å². The van der Waals surface area contributed by atoms with Gasteiger partial charge in [-0.25, -0.2) is 0 Å². The number of carbonyl (C=O) groups excluding carboxylic acids is 1. The molecule has 3 aliphatic rings.